The summed E-state index contributed by atoms with van der Waals surface area (Å²) in [4.78, 5) is 7.75. The number of hydrogen-bond donors (Lipinski definition) is 0. The van der Waals surface area contributed by atoms with Gasteiger partial charge in [-0.05, 0) is 6.07 Å². The molecule has 2 nitrogen and oxygen atoms in total. The molecule has 0 saturated carbocycles. The fourth-order valence-corrected chi connectivity index (χ4v) is 0.601. The van der Waals surface area contributed by atoms with Crippen molar-refractivity contribution in [3.05, 3.63) is 30.1 Å². The molecule has 0 aliphatic carbocycles. The maximum Gasteiger partial charge on any atom is 0.0355 e. The highest BCUT2D eigenvalue weighted by Crippen LogP contribution is 1.88. The Morgan fingerprint density at radius 1 is 1.67 bits per heavy atom. The number of nitrogens with zero attached hydrogens (tertiary/aromatic N) is 2. The zero-order valence-corrected chi connectivity index (χ0v) is 5.28. The summed E-state index contributed by atoms with van der Waals surface area (Å²) in [6.45, 7) is 0. The SMILES string of the molecule is C/N=C/c1cccnc1. The molecule has 0 bridgehead atoms. The van der Waals surface area contributed by atoms with E-state index in [1.54, 1.807) is 25.7 Å². The third kappa shape index (κ3) is 1.64. The molecule has 0 aromatic carbocycles. The summed E-state index contributed by atoms with van der Waals surface area (Å²) in [5.74, 6) is 0. The Bertz CT molecular complexity index is 191. The average molecular weight is 120 g/mol. The summed E-state index contributed by atoms with van der Waals surface area (Å²) in [6.07, 6.45) is 5.28. The standard InChI is InChI=1S/C7H8N2/c1-8-5-7-3-2-4-9-6-7/h2-6H,1H3/b8-5+. The highest BCUT2D eigenvalue weighted by molar-refractivity contribution is 5.78. The van der Waals surface area contributed by atoms with E-state index in [9.17, 15) is 0 Å². The van der Waals surface area contributed by atoms with E-state index in [1.165, 1.54) is 0 Å². The van der Waals surface area contributed by atoms with Gasteiger partial charge >= 0.3 is 0 Å². The molecule has 0 aliphatic heterocycles. The van der Waals surface area contributed by atoms with Crippen molar-refractivity contribution in [1.82, 2.24) is 4.98 Å². The van der Waals surface area contributed by atoms with Crippen molar-refractivity contribution < 1.29 is 0 Å². The van der Waals surface area contributed by atoms with E-state index in [0.29, 0.717) is 0 Å². The predicted molar refractivity (Wildman–Crippen MR) is 37.8 cm³/mol. The molecule has 1 aromatic rings. The first kappa shape index (κ1) is 5.95. The van der Waals surface area contributed by atoms with E-state index in [2.05, 4.69) is 9.98 Å². The van der Waals surface area contributed by atoms with Crippen LogP contribution in [0.25, 0.3) is 0 Å². The fourth-order valence-electron chi connectivity index (χ4n) is 0.601. The van der Waals surface area contributed by atoms with Crippen LogP contribution in [0.4, 0.5) is 0 Å². The average Bonchev–Trinajstić information content (AvgIpc) is 1.91. The van der Waals surface area contributed by atoms with E-state index in [4.69, 9.17) is 0 Å². The first-order chi connectivity index (χ1) is 4.43. The minimum Gasteiger partial charge on any atom is -0.296 e. The Hall–Kier alpha value is -1.18. The molecule has 0 amide bonds. The van der Waals surface area contributed by atoms with Crippen LogP contribution in [0, 0.1) is 0 Å². The lowest BCUT2D eigenvalue weighted by atomic mass is 10.3. The molecule has 1 heterocycles. The third-order valence-electron chi connectivity index (χ3n) is 0.963. The molecule has 0 N–H and O–H groups in total. The Kier molecular flexibility index (Phi) is 1.96. The summed E-state index contributed by atoms with van der Waals surface area (Å²) in [5, 5.41) is 0. The zero-order valence-electron chi connectivity index (χ0n) is 5.28. The Morgan fingerprint density at radius 2 is 2.56 bits per heavy atom. The molecule has 1 rings (SSSR count). The van der Waals surface area contributed by atoms with E-state index in [-0.39, 0.29) is 0 Å². The van der Waals surface area contributed by atoms with E-state index >= 15 is 0 Å². The predicted octanol–water partition coefficient (Wildman–Crippen LogP) is 1.13. The molecular formula is C7H8N2. The van der Waals surface area contributed by atoms with Gasteiger partial charge in [-0.25, -0.2) is 0 Å². The van der Waals surface area contributed by atoms with Crippen molar-refractivity contribution in [3.8, 4) is 0 Å². The molecule has 0 spiro atoms. The lowest BCUT2D eigenvalue weighted by Crippen LogP contribution is -1.79. The van der Waals surface area contributed by atoms with Gasteiger partial charge in [-0.15, -0.1) is 0 Å². The highest BCUT2D eigenvalue weighted by atomic mass is 14.7. The topological polar surface area (TPSA) is 25.2 Å². The number of aliphatic imine (C=N–C) groups is 1. The van der Waals surface area contributed by atoms with Gasteiger partial charge in [0.2, 0.25) is 0 Å². The summed E-state index contributed by atoms with van der Waals surface area (Å²) in [7, 11) is 1.74. The minimum atomic E-state index is 1.04. The molecule has 2 heteroatoms. The minimum absolute atomic E-state index is 1.04. The van der Waals surface area contributed by atoms with Crippen molar-refractivity contribution in [2.45, 2.75) is 0 Å². The van der Waals surface area contributed by atoms with Crippen LogP contribution < -0.4 is 0 Å². The number of pyridine rings is 1. The molecule has 0 fully saturated rings. The van der Waals surface area contributed by atoms with Gasteiger partial charge in [0.05, 0.1) is 0 Å². The van der Waals surface area contributed by atoms with Crippen molar-refractivity contribution >= 4 is 6.21 Å². The van der Waals surface area contributed by atoms with Gasteiger partial charge in [0.1, 0.15) is 0 Å². The maximum atomic E-state index is 3.91. The van der Waals surface area contributed by atoms with E-state index in [1.807, 2.05) is 12.1 Å². The quantitative estimate of drug-likeness (QED) is 0.510. The molecule has 0 unspecified atom stereocenters. The normalized spacial score (nSPS) is 10.3. The summed E-state index contributed by atoms with van der Waals surface area (Å²) in [6, 6.07) is 3.84. The second kappa shape index (κ2) is 2.97. The van der Waals surface area contributed by atoms with Crippen molar-refractivity contribution in [2.24, 2.45) is 4.99 Å². The largest absolute Gasteiger partial charge is 0.296 e. The number of rotatable bonds is 1. The zero-order chi connectivity index (χ0) is 6.53. The van der Waals surface area contributed by atoms with Crippen LogP contribution >= 0.6 is 0 Å². The van der Waals surface area contributed by atoms with Crippen LogP contribution in [0.15, 0.2) is 29.5 Å². The summed E-state index contributed by atoms with van der Waals surface area (Å²) >= 11 is 0. The van der Waals surface area contributed by atoms with Gasteiger partial charge in [-0.3, -0.25) is 9.98 Å². The number of aromatic nitrogens is 1. The van der Waals surface area contributed by atoms with Crippen molar-refractivity contribution in [1.29, 1.82) is 0 Å². The first-order valence-corrected chi connectivity index (χ1v) is 2.75. The van der Waals surface area contributed by atoms with Gasteiger partial charge in [-0.1, -0.05) is 6.07 Å². The second-order valence-corrected chi connectivity index (χ2v) is 1.67. The van der Waals surface area contributed by atoms with Crippen LogP contribution in [0.5, 0.6) is 0 Å². The van der Waals surface area contributed by atoms with Crippen LogP contribution in [0.2, 0.25) is 0 Å². The van der Waals surface area contributed by atoms with Gasteiger partial charge in [0, 0.05) is 31.2 Å². The lowest BCUT2D eigenvalue weighted by molar-refractivity contribution is 1.32. The van der Waals surface area contributed by atoms with Gasteiger partial charge in [0.25, 0.3) is 0 Å². The van der Waals surface area contributed by atoms with Gasteiger partial charge in [-0.2, -0.15) is 0 Å². The summed E-state index contributed by atoms with van der Waals surface area (Å²) in [5.41, 5.74) is 1.04. The molecule has 1 aromatic heterocycles. The molecule has 0 atom stereocenters. The van der Waals surface area contributed by atoms with Gasteiger partial charge in [0.15, 0.2) is 0 Å². The molecule has 46 valence electrons. The first-order valence-electron chi connectivity index (χ1n) is 2.75. The van der Waals surface area contributed by atoms with Crippen molar-refractivity contribution in [2.75, 3.05) is 7.05 Å². The van der Waals surface area contributed by atoms with Gasteiger partial charge < -0.3 is 0 Å². The smallest absolute Gasteiger partial charge is 0.0355 e. The van der Waals surface area contributed by atoms with E-state index < -0.39 is 0 Å². The summed E-state index contributed by atoms with van der Waals surface area (Å²) < 4.78 is 0. The molecule has 0 saturated heterocycles. The molecule has 0 aliphatic rings. The molecule has 0 radical (unpaired) electrons. The monoisotopic (exact) mass is 120 g/mol. The Morgan fingerprint density at radius 3 is 3.11 bits per heavy atom. The fraction of sp³-hybridized carbons (Fsp3) is 0.143. The highest BCUT2D eigenvalue weighted by Gasteiger charge is 1.79. The Labute approximate surface area is 54.3 Å². The Balaban J connectivity index is 2.85. The van der Waals surface area contributed by atoms with Crippen LogP contribution in [-0.2, 0) is 0 Å². The second-order valence-electron chi connectivity index (χ2n) is 1.67. The molecule has 9 heavy (non-hydrogen) atoms. The number of hydrogen-bond acceptors (Lipinski definition) is 2. The van der Waals surface area contributed by atoms with Crippen LogP contribution in [0.3, 0.4) is 0 Å². The van der Waals surface area contributed by atoms with Crippen molar-refractivity contribution in [3.63, 3.8) is 0 Å². The van der Waals surface area contributed by atoms with Crippen LogP contribution in [0.1, 0.15) is 5.56 Å². The maximum absolute atomic E-state index is 3.91. The van der Waals surface area contributed by atoms with Crippen LogP contribution in [-0.4, -0.2) is 18.2 Å². The third-order valence-corrected chi connectivity index (χ3v) is 0.963. The molecular weight excluding hydrogens is 112 g/mol. The lowest BCUT2D eigenvalue weighted by Gasteiger charge is -1.85. The van der Waals surface area contributed by atoms with E-state index in [0.717, 1.165) is 5.56 Å².